The summed E-state index contributed by atoms with van der Waals surface area (Å²) in [5.74, 6) is -2.52. The van der Waals surface area contributed by atoms with Crippen LogP contribution in [0.4, 0.5) is 4.79 Å². The number of alkyl carbamates (subject to hydrolysis) is 1. The van der Waals surface area contributed by atoms with Crippen molar-refractivity contribution in [2.45, 2.75) is 32.7 Å². The van der Waals surface area contributed by atoms with Crippen molar-refractivity contribution in [3.8, 4) is 11.1 Å². The molecule has 0 saturated heterocycles. The lowest BCUT2D eigenvalue weighted by Crippen LogP contribution is -2.50. The van der Waals surface area contributed by atoms with Crippen LogP contribution < -0.4 is 5.32 Å². The van der Waals surface area contributed by atoms with Crippen molar-refractivity contribution in [1.82, 2.24) is 10.2 Å². The largest absolute Gasteiger partial charge is 0.480 e. The van der Waals surface area contributed by atoms with E-state index in [2.05, 4.69) is 17.4 Å². The Labute approximate surface area is 199 Å². The van der Waals surface area contributed by atoms with Gasteiger partial charge >= 0.3 is 12.1 Å². The predicted octanol–water partition coefficient (Wildman–Crippen LogP) is 3.09. The molecular weight excluding hydrogens is 436 g/mol. The first-order valence-electron chi connectivity index (χ1n) is 11.5. The molecule has 34 heavy (non-hydrogen) atoms. The summed E-state index contributed by atoms with van der Waals surface area (Å²) >= 11 is 0. The van der Waals surface area contributed by atoms with E-state index in [0.717, 1.165) is 27.2 Å². The van der Waals surface area contributed by atoms with Crippen LogP contribution in [0, 0.1) is 11.8 Å². The third-order valence-electron chi connectivity index (χ3n) is 6.24. The second-order valence-corrected chi connectivity index (χ2v) is 8.91. The molecule has 3 N–H and O–H groups in total. The van der Waals surface area contributed by atoms with E-state index in [1.54, 1.807) is 6.92 Å². The van der Waals surface area contributed by atoms with Crippen LogP contribution in [0.3, 0.4) is 0 Å². The van der Waals surface area contributed by atoms with Crippen molar-refractivity contribution in [2.75, 3.05) is 26.3 Å². The minimum absolute atomic E-state index is 0.0772. The maximum Gasteiger partial charge on any atom is 0.407 e. The number of nitrogens with one attached hydrogen (secondary N) is 1. The molecule has 0 aliphatic heterocycles. The zero-order valence-electron chi connectivity index (χ0n) is 19.7. The highest BCUT2D eigenvalue weighted by molar-refractivity contribution is 5.84. The molecule has 0 heterocycles. The Bertz CT molecular complexity index is 992. The molecule has 0 spiro atoms. The number of carboxylic acid groups (broad SMARTS) is 1. The molecule has 2 aromatic carbocycles. The molecule has 2 amide bonds. The molecule has 182 valence electrons. The molecule has 8 nitrogen and oxygen atoms in total. The number of aliphatic hydroxyl groups excluding tert-OH is 1. The van der Waals surface area contributed by atoms with Crippen LogP contribution in [-0.4, -0.2) is 65.4 Å². The number of hydrogen-bond acceptors (Lipinski definition) is 5. The standard InChI is InChI=1S/C26H32N2O6/c1-16(2)24(25(32)28(12-13-29)14-23(30)31)17(3)27-26(33)34-15-22-20-10-6-4-8-18(20)19-9-5-7-11-21(19)22/h4-11,16-17,22,24,29H,12-15H2,1-3H3,(H,27,33)(H,30,31). The Morgan fingerprint density at radius 2 is 1.56 bits per heavy atom. The Balaban J connectivity index is 1.67. The predicted molar refractivity (Wildman–Crippen MR) is 127 cm³/mol. The minimum atomic E-state index is -1.17. The molecule has 2 atom stereocenters. The van der Waals surface area contributed by atoms with Gasteiger partial charge in [0.05, 0.1) is 12.5 Å². The zero-order valence-corrected chi connectivity index (χ0v) is 19.7. The van der Waals surface area contributed by atoms with Crippen LogP contribution in [-0.2, 0) is 14.3 Å². The molecule has 0 fully saturated rings. The smallest absolute Gasteiger partial charge is 0.407 e. The van der Waals surface area contributed by atoms with Crippen molar-refractivity contribution >= 4 is 18.0 Å². The van der Waals surface area contributed by atoms with Gasteiger partial charge < -0.3 is 25.2 Å². The van der Waals surface area contributed by atoms with Gasteiger partial charge in [-0.2, -0.15) is 0 Å². The van der Waals surface area contributed by atoms with E-state index in [4.69, 9.17) is 9.84 Å². The van der Waals surface area contributed by atoms with Crippen LogP contribution in [0.1, 0.15) is 37.8 Å². The van der Waals surface area contributed by atoms with Crippen LogP contribution in [0.25, 0.3) is 11.1 Å². The summed E-state index contributed by atoms with van der Waals surface area (Å²) in [5.41, 5.74) is 4.47. The third kappa shape index (κ3) is 5.56. The molecule has 0 bridgehead atoms. The van der Waals surface area contributed by atoms with Crippen molar-refractivity contribution in [3.05, 3.63) is 59.7 Å². The topological polar surface area (TPSA) is 116 Å². The summed E-state index contributed by atoms with van der Waals surface area (Å²) in [5, 5.41) is 21.1. The van der Waals surface area contributed by atoms with Gasteiger partial charge in [-0.15, -0.1) is 0 Å². The summed E-state index contributed by atoms with van der Waals surface area (Å²) in [4.78, 5) is 37.9. The van der Waals surface area contributed by atoms with E-state index < -0.39 is 36.5 Å². The minimum Gasteiger partial charge on any atom is -0.480 e. The van der Waals surface area contributed by atoms with Gasteiger partial charge in [-0.3, -0.25) is 9.59 Å². The summed E-state index contributed by atoms with van der Waals surface area (Å²) in [6, 6.07) is 15.5. The van der Waals surface area contributed by atoms with Crippen LogP contribution >= 0.6 is 0 Å². The number of aliphatic carboxylic acids is 1. The molecule has 2 unspecified atom stereocenters. The number of carboxylic acids is 1. The maximum atomic E-state index is 13.0. The van der Waals surface area contributed by atoms with Crippen molar-refractivity contribution in [3.63, 3.8) is 0 Å². The van der Waals surface area contributed by atoms with Gasteiger partial charge in [-0.1, -0.05) is 62.4 Å². The Kier molecular flexibility index (Phi) is 8.28. The number of ether oxygens (including phenoxy) is 1. The van der Waals surface area contributed by atoms with Gasteiger partial charge in [-0.25, -0.2) is 4.79 Å². The Morgan fingerprint density at radius 1 is 1.00 bits per heavy atom. The van der Waals surface area contributed by atoms with Crippen LogP contribution in [0.15, 0.2) is 48.5 Å². The highest BCUT2D eigenvalue weighted by Gasteiger charge is 2.34. The van der Waals surface area contributed by atoms with E-state index >= 15 is 0 Å². The summed E-state index contributed by atoms with van der Waals surface area (Å²) < 4.78 is 5.58. The number of carbonyl (C=O) groups excluding carboxylic acids is 2. The van der Waals surface area contributed by atoms with Crippen molar-refractivity contribution in [1.29, 1.82) is 0 Å². The van der Waals surface area contributed by atoms with Crippen molar-refractivity contribution in [2.24, 2.45) is 11.8 Å². The summed E-state index contributed by atoms with van der Waals surface area (Å²) in [6.07, 6.45) is -0.639. The van der Waals surface area contributed by atoms with Crippen LogP contribution in [0.5, 0.6) is 0 Å². The lowest BCUT2D eigenvalue weighted by Gasteiger charge is -2.32. The molecule has 3 rings (SSSR count). The monoisotopic (exact) mass is 468 g/mol. The fraction of sp³-hybridized carbons (Fsp3) is 0.423. The lowest BCUT2D eigenvalue weighted by molar-refractivity contribution is -0.148. The number of amides is 2. The average Bonchev–Trinajstić information content (AvgIpc) is 3.10. The average molecular weight is 469 g/mol. The van der Waals surface area contributed by atoms with Gasteiger partial charge in [0.25, 0.3) is 0 Å². The fourth-order valence-corrected chi connectivity index (χ4v) is 4.75. The van der Waals surface area contributed by atoms with Gasteiger partial charge in [0, 0.05) is 18.5 Å². The number of carbonyl (C=O) groups is 3. The molecule has 0 aromatic heterocycles. The zero-order chi connectivity index (χ0) is 24.8. The second-order valence-electron chi connectivity index (χ2n) is 8.91. The molecule has 8 heteroatoms. The number of rotatable bonds is 10. The molecule has 0 saturated carbocycles. The van der Waals surface area contributed by atoms with Crippen molar-refractivity contribution < 1.29 is 29.3 Å². The third-order valence-corrected chi connectivity index (χ3v) is 6.24. The highest BCUT2D eigenvalue weighted by atomic mass is 16.5. The first-order chi connectivity index (χ1) is 16.2. The first-order valence-corrected chi connectivity index (χ1v) is 11.5. The van der Waals surface area contributed by atoms with Gasteiger partial charge in [0.2, 0.25) is 5.91 Å². The number of benzene rings is 2. The Morgan fingerprint density at radius 3 is 2.06 bits per heavy atom. The normalized spacial score (nSPS) is 14.1. The second kappa shape index (κ2) is 11.2. The van der Waals surface area contributed by atoms with E-state index in [1.807, 2.05) is 50.2 Å². The molecule has 0 radical (unpaired) electrons. The molecular formula is C26H32N2O6. The molecule has 1 aliphatic carbocycles. The summed E-state index contributed by atoms with van der Waals surface area (Å²) in [7, 11) is 0. The van der Waals surface area contributed by atoms with E-state index in [1.165, 1.54) is 0 Å². The van der Waals surface area contributed by atoms with Gasteiger partial charge in [0.1, 0.15) is 13.2 Å². The molecule has 2 aromatic rings. The van der Waals surface area contributed by atoms with Gasteiger partial charge in [-0.05, 0) is 35.1 Å². The lowest BCUT2D eigenvalue weighted by atomic mass is 9.88. The molecule has 1 aliphatic rings. The highest BCUT2D eigenvalue weighted by Crippen LogP contribution is 2.44. The van der Waals surface area contributed by atoms with Crippen LogP contribution in [0.2, 0.25) is 0 Å². The number of nitrogens with zero attached hydrogens (tertiary/aromatic N) is 1. The van der Waals surface area contributed by atoms with E-state index in [9.17, 15) is 19.5 Å². The Hall–Kier alpha value is -3.39. The quantitative estimate of drug-likeness (QED) is 0.493. The van der Waals surface area contributed by atoms with E-state index in [0.29, 0.717) is 0 Å². The first kappa shape index (κ1) is 25.2. The fourth-order valence-electron chi connectivity index (χ4n) is 4.75. The number of fused-ring (bicyclic) bond motifs is 3. The summed E-state index contributed by atoms with van der Waals surface area (Å²) in [6.45, 7) is 4.56. The maximum absolute atomic E-state index is 13.0. The number of hydrogen-bond donors (Lipinski definition) is 3. The van der Waals surface area contributed by atoms with E-state index in [-0.39, 0.29) is 31.6 Å². The SMILES string of the molecule is CC(C)C(C(=O)N(CCO)CC(=O)O)C(C)NC(=O)OCC1c2ccccc2-c2ccccc21. The number of aliphatic hydroxyl groups is 1. The van der Waals surface area contributed by atoms with Gasteiger partial charge in [0.15, 0.2) is 0 Å².